The van der Waals surface area contributed by atoms with E-state index in [9.17, 15) is 4.79 Å². The maximum absolute atomic E-state index is 10.5. The molecule has 0 heterocycles. The van der Waals surface area contributed by atoms with Crippen molar-refractivity contribution in [2.45, 2.75) is 32.1 Å². The third-order valence-corrected chi connectivity index (χ3v) is 3.35. The monoisotopic (exact) mass is 150 g/mol. The van der Waals surface area contributed by atoms with E-state index in [4.69, 9.17) is 0 Å². The third kappa shape index (κ3) is 0.867. The van der Waals surface area contributed by atoms with E-state index >= 15 is 0 Å². The molecule has 0 N–H and O–H groups in total. The van der Waals surface area contributed by atoms with Crippen LogP contribution in [-0.2, 0) is 4.79 Å². The Morgan fingerprint density at radius 1 is 1.55 bits per heavy atom. The van der Waals surface area contributed by atoms with Crippen LogP contribution < -0.4 is 0 Å². The normalized spacial score (nSPS) is 42.5. The SMILES string of the molecule is C=C1CCCC[C@@]12C[C@H]2C=O. The zero-order valence-electron chi connectivity index (χ0n) is 6.81. The second kappa shape index (κ2) is 2.20. The van der Waals surface area contributed by atoms with Gasteiger partial charge in [-0.05, 0) is 25.7 Å². The van der Waals surface area contributed by atoms with E-state index in [-0.39, 0.29) is 0 Å². The summed E-state index contributed by atoms with van der Waals surface area (Å²) >= 11 is 0. The van der Waals surface area contributed by atoms with E-state index in [1.807, 2.05) is 0 Å². The Balaban J connectivity index is 2.13. The van der Waals surface area contributed by atoms with E-state index in [1.54, 1.807) is 0 Å². The number of hydrogen-bond donors (Lipinski definition) is 0. The van der Waals surface area contributed by atoms with Gasteiger partial charge in [0.25, 0.3) is 0 Å². The predicted octanol–water partition coefficient (Wildman–Crippen LogP) is 2.32. The maximum Gasteiger partial charge on any atom is 0.123 e. The zero-order chi connectivity index (χ0) is 7.90. The summed E-state index contributed by atoms with van der Waals surface area (Å²) in [6.45, 7) is 4.07. The molecule has 2 aliphatic carbocycles. The van der Waals surface area contributed by atoms with Crippen LogP contribution in [0.1, 0.15) is 32.1 Å². The van der Waals surface area contributed by atoms with Gasteiger partial charge in [-0.2, -0.15) is 0 Å². The van der Waals surface area contributed by atoms with Gasteiger partial charge in [0.15, 0.2) is 0 Å². The lowest BCUT2D eigenvalue weighted by atomic mass is 9.81. The molecule has 0 aromatic carbocycles. The lowest BCUT2D eigenvalue weighted by molar-refractivity contribution is -0.109. The van der Waals surface area contributed by atoms with Gasteiger partial charge in [-0.3, -0.25) is 0 Å². The van der Waals surface area contributed by atoms with Crippen molar-refractivity contribution >= 4 is 6.29 Å². The molecule has 2 fully saturated rings. The van der Waals surface area contributed by atoms with E-state index in [0.29, 0.717) is 11.3 Å². The first-order valence-electron chi connectivity index (χ1n) is 4.43. The smallest absolute Gasteiger partial charge is 0.123 e. The molecule has 2 aliphatic rings. The molecule has 0 amide bonds. The molecule has 60 valence electrons. The van der Waals surface area contributed by atoms with Crippen LogP contribution in [0.5, 0.6) is 0 Å². The van der Waals surface area contributed by atoms with Gasteiger partial charge in [-0.1, -0.05) is 18.6 Å². The van der Waals surface area contributed by atoms with Gasteiger partial charge in [0.05, 0.1) is 0 Å². The summed E-state index contributed by atoms with van der Waals surface area (Å²) in [5.74, 6) is 0.329. The van der Waals surface area contributed by atoms with E-state index < -0.39 is 0 Å². The number of carbonyl (C=O) groups excluding carboxylic acids is 1. The average molecular weight is 150 g/mol. The fourth-order valence-corrected chi connectivity index (χ4v) is 2.41. The van der Waals surface area contributed by atoms with Gasteiger partial charge in [0, 0.05) is 11.3 Å². The fraction of sp³-hybridized carbons (Fsp3) is 0.700. The molecule has 0 bridgehead atoms. The second-order valence-corrected chi connectivity index (χ2v) is 3.91. The minimum Gasteiger partial charge on any atom is -0.303 e. The minimum absolute atomic E-state index is 0.292. The Labute approximate surface area is 67.5 Å². The first kappa shape index (κ1) is 7.08. The molecule has 1 spiro atoms. The van der Waals surface area contributed by atoms with Gasteiger partial charge < -0.3 is 4.79 Å². The van der Waals surface area contributed by atoms with Crippen LogP contribution in [0.3, 0.4) is 0 Å². The quantitative estimate of drug-likeness (QED) is 0.414. The lowest BCUT2D eigenvalue weighted by Crippen LogP contribution is -2.12. The van der Waals surface area contributed by atoms with E-state index in [0.717, 1.165) is 19.1 Å². The van der Waals surface area contributed by atoms with Crippen molar-refractivity contribution in [1.29, 1.82) is 0 Å². The third-order valence-electron chi connectivity index (χ3n) is 3.35. The Morgan fingerprint density at radius 3 is 2.91 bits per heavy atom. The highest BCUT2D eigenvalue weighted by atomic mass is 16.1. The molecule has 11 heavy (non-hydrogen) atoms. The van der Waals surface area contributed by atoms with Crippen LogP contribution >= 0.6 is 0 Å². The number of hydrogen-bond acceptors (Lipinski definition) is 1. The highest BCUT2D eigenvalue weighted by Crippen LogP contribution is 2.62. The molecular formula is C10H14O. The number of carbonyl (C=O) groups is 1. The van der Waals surface area contributed by atoms with E-state index in [2.05, 4.69) is 6.58 Å². The summed E-state index contributed by atoms with van der Waals surface area (Å²) in [5, 5.41) is 0. The summed E-state index contributed by atoms with van der Waals surface area (Å²) < 4.78 is 0. The number of aldehydes is 1. The first-order valence-corrected chi connectivity index (χ1v) is 4.43. The molecule has 1 heteroatoms. The van der Waals surface area contributed by atoms with Gasteiger partial charge >= 0.3 is 0 Å². The van der Waals surface area contributed by atoms with Crippen molar-refractivity contribution in [3.63, 3.8) is 0 Å². The molecule has 0 aromatic rings. The van der Waals surface area contributed by atoms with Crippen LogP contribution in [0.15, 0.2) is 12.2 Å². The van der Waals surface area contributed by atoms with Crippen molar-refractivity contribution < 1.29 is 4.79 Å². The fourth-order valence-electron chi connectivity index (χ4n) is 2.41. The van der Waals surface area contributed by atoms with Crippen LogP contribution in [-0.4, -0.2) is 6.29 Å². The number of rotatable bonds is 1. The zero-order valence-corrected chi connectivity index (χ0v) is 6.81. The van der Waals surface area contributed by atoms with Crippen LogP contribution in [0.25, 0.3) is 0 Å². The largest absolute Gasteiger partial charge is 0.303 e. The molecule has 0 unspecified atom stereocenters. The molecule has 0 radical (unpaired) electrons. The second-order valence-electron chi connectivity index (χ2n) is 3.91. The van der Waals surface area contributed by atoms with Gasteiger partial charge in [0.2, 0.25) is 0 Å². The highest BCUT2D eigenvalue weighted by molar-refractivity contribution is 5.62. The molecule has 2 rings (SSSR count). The van der Waals surface area contributed by atoms with E-state index in [1.165, 1.54) is 24.8 Å². The Bertz CT molecular complexity index is 207. The summed E-state index contributed by atoms with van der Waals surface area (Å²) in [4.78, 5) is 10.5. The minimum atomic E-state index is 0.292. The summed E-state index contributed by atoms with van der Waals surface area (Å²) in [5.41, 5.74) is 1.64. The molecule has 0 aliphatic heterocycles. The van der Waals surface area contributed by atoms with Gasteiger partial charge in [-0.25, -0.2) is 0 Å². The standard InChI is InChI=1S/C10H14O/c1-8-4-2-3-5-10(8)6-9(10)7-11/h7,9H,1-6H2/t9-,10+/m0/s1. The molecule has 1 nitrogen and oxygen atoms in total. The molecule has 2 atom stereocenters. The van der Waals surface area contributed by atoms with Crippen molar-refractivity contribution in [2.75, 3.05) is 0 Å². The number of allylic oxidation sites excluding steroid dienone is 1. The van der Waals surface area contributed by atoms with Crippen molar-refractivity contribution in [3.05, 3.63) is 12.2 Å². The highest BCUT2D eigenvalue weighted by Gasteiger charge is 2.55. The summed E-state index contributed by atoms with van der Waals surface area (Å²) in [6.07, 6.45) is 7.17. The maximum atomic E-state index is 10.5. The van der Waals surface area contributed by atoms with Crippen molar-refractivity contribution in [2.24, 2.45) is 11.3 Å². The average Bonchev–Trinajstić information content (AvgIpc) is 2.72. The molecule has 0 aromatic heterocycles. The van der Waals surface area contributed by atoms with Crippen LogP contribution in [0.4, 0.5) is 0 Å². The van der Waals surface area contributed by atoms with Gasteiger partial charge in [0.1, 0.15) is 6.29 Å². The summed E-state index contributed by atoms with van der Waals surface area (Å²) in [6, 6.07) is 0. The summed E-state index contributed by atoms with van der Waals surface area (Å²) in [7, 11) is 0. The molecular weight excluding hydrogens is 136 g/mol. The molecule has 2 saturated carbocycles. The van der Waals surface area contributed by atoms with Gasteiger partial charge in [-0.15, -0.1) is 0 Å². The molecule has 0 saturated heterocycles. The first-order chi connectivity index (χ1) is 5.29. The Hall–Kier alpha value is -0.590. The van der Waals surface area contributed by atoms with Crippen LogP contribution in [0, 0.1) is 11.3 Å². The van der Waals surface area contributed by atoms with Crippen LogP contribution in [0.2, 0.25) is 0 Å². The Kier molecular flexibility index (Phi) is 1.41. The lowest BCUT2D eigenvalue weighted by Gasteiger charge is -2.24. The predicted molar refractivity (Wildman–Crippen MR) is 44.2 cm³/mol. The topological polar surface area (TPSA) is 17.1 Å². The van der Waals surface area contributed by atoms with Crippen molar-refractivity contribution in [1.82, 2.24) is 0 Å². The van der Waals surface area contributed by atoms with Crippen molar-refractivity contribution in [3.8, 4) is 0 Å². The Morgan fingerprint density at radius 2 is 2.36 bits per heavy atom.